The molecule has 232 valence electrons. The van der Waals surface area contributed by atoms with Gasteiger partial charge in [0.2, 0.25) is 5.76 Å². The van der Waals surface area contributed by atoms with Gasteiger partial charge in [-0.3, -0.25) is 15.3 Å². The zero-order valence-electron chi connectivity index (χ0n) is 23.9. The fourth-order valence-corrected chi connectivity index (χ4v) is 7.54. The first-order valence-electron chi connectivity index (χ1n) is 13.6. The number of hydrogen-bond donors (Lipinski definition) is 4. The third-order valence-electron chi connectivity index (χ3n) is 7.33. The van der Waals surface area contributed by atoms with Crippen LogP contribution in [0.3, 0.4) is 0 Å². The number of rotatable bonds is 11. The summed E-state index contributed by atoms with van der Waals surface area (Å²) in [6, 6.07) is 29.1. The van der Waals surface area contributed by atoms with E-state index in [1.54, 1.807) is 30.3 Å². The van der Waals surface area contributed by atoms with E-state index in [0.717, 1.165) is 11.1 Å². The second kappa shape index (κ2) is 12.2. The number of amides is 1. The molecule has 13 heteroatoms. The molecule has 1 aromatic heterocycles. The largest absolute Gasteiger partial charge is 0.478 e. The Morgan fingerprint density at radius 1 is 0.800 bits per heavy atom. The van der Waals surface area contributed by atoms with Gasteiger partial charge in [-0.15, -0.1) is 0 Å². The van der Waals surface area contributed by atoms with Crippen LogP contribution >= 0.6 is 0 Å². The van der Waals surface area contributed by atoms with Crippen molar-refractivity contribution in [1.29, 1.82) is 0 Å². The van der Waals surface area contributed by atoms with Crippen LogP contribution < -0.4 is 15.8 Å². The minimum absolute atomic E-state index is 0.0528. The van der Waals surface area contributed by atoms with Crippen LogP contribution in [0.5, 0.6) is 0 Å². The van der Waals surface area contributed by atoms with Gasteiger partial charge in [0.15, 0.2) is 15.5 Å². The molecule has 0 radical (unpaired) electrons. The van der Waals surface area contributed by atoms with E-state index < -0.39 is 54.8 Å². The zero-order valence-corrected chi connectivity index (χ0v) is 25.5. The zero-order chi connectivity index (χ0) is 32.4. The van der Waals surface area contributed by atoms with Gasteiger partial charge in [0.25, 0.3) is 15.9 Å². The molecule has 0 saturated heterocycles. The van der Waals surface area contributed by atoms with E-state index in [9.17, 15) is 31.5 Å². The predicted molar refractivity (Wildman–Crippen MR) is 169 cm³/mol. The summed E-state index contributed by atoms with van der Waals surface area (Å²) >= 11 is 0. The van der Waals surface area contributed by atoms with Crippen LogP contribution in [-0.4, -0.2) is 45.2 Å². The number of nitrogens with one attached hydrogen (secondary N) is 2. The lowest BCUT2D eigenvalue weighted by molar-refractivity contribution is -0.146. The third-order valence-corrected chi connectivity index (χ3v) is 10.6. The number of carbonyl (C=O) groups is 2. The highest BCUT2D eigenvalue weighted by molar-refractivity contribution is 7.92. The van der Waals surface area contributed by atoms with Gasteiger partial charge >= 0.3 is 5.97 Å². The SMILES string of the molecule is CC(CS(=O)(=O)c1ccc(-c2ccccc2)cc1)[C@@](N)(NC(=O)c1oc2ccccc2c1NS(=O)(=O)c1ccccc1)C(=O)O. The molecule has 0 aliphatic heterocycles. The normalized spacial score (nSPS) is 13.9. The van der Waals surface area contributed by atoms with Crippen molar-refractivity contribution in [3.05, 3.63) is 115 Å². The van der Waals surface area contributed by atoms with Crippen LogP contribution in [0.15, 0.2) is 123 Å². The molecule has 0 bridgehead atoms. The van der Waals surface area contributed by atoms with Crippen molar-refractivity contribution in [2.75, 3.05) is 10.5 Å². The lowest BCUT2D eigenvalue weighted by atomic mass is 9.96. The van der Waals surface area contributed by atoms with E-state index in [2.05, 4.69) is 10.0 Å². The van der Waals surface area contributed by atoms with Gasteiger partial charge < -0.3 is 14.8 Å². The highest BCUT2D eigenvalue weighted by Gasteiger charge is 2.45. The molecule has 4 aromatic carbocycles. The molecule has 45 heavy (non-hydrogen) atoms. The Labute approximate surface area is 259 Å². The summed E-state index contributed by atoms with van der Waals surface area (Å²) in [6.07, 6.45) is 0. The number of furan rings is 1. The van der Waals surface area contributed by atoms with E-state index in [1.807, 2.05) is 30.3 Å². The molecule has 0 saturated carbocycles. The first-order chi connectivity index (χ1) is 21.3. The first kappa shape index (κ1) is 31.4. The van der Waals surface area contributed by atoms with Crippen LogP contribution in [-0.2, 0) is 24.7 Å². The van der Waals surface area contributed by atoms with Crippen LogP contribution in [0.4, 0.5) is 5.69 Å². The topological polar surface area (TPSA) is 186 Å². The number of aliphatic carboxylic acids is 1. The monoisotopic (exact) mass is 647 g/mol. The second-order valence-corrected chi connectivity index (χ2v) is 14.1. The van der Waals surface area contributed by atoms with Crippen LogP contribution in [0.25, 0.3) is 22.1 Å². The minimum atomic E-state index is -4.20. The van der Waals surface area contributed by atoms with Crippen molar-refractivity contribution >= 4 is 48.4 Å². The molecule has 11 nitrogen and oxygen atoms in total. The molecule has 2 atom stereocenters. The number of hydrogen-bond acceptors (Lipinski definition) is 8. The number of fused-ring (bicyclic) bond motifs is 1. The van der Waals surface area contributed by atoms with Crippen LogP contribution in [0.1, 0.15) is 17.5 Å². The highest BCUT2D eigenvalue weighted by Crippen LogP contribution is 2.33. The Morgan fingerprint density at radius 3 is 1.98 bits per heavy atom. The van der Waals surface area contributed by atoms with Gasteiger partial charge in [0.05, 0.1) is 15.5 Å². The van der Waals surface area contributed by atoms with E-state index in [-0.39, 0.29) is 26.4 Å². The van der Waals surface area contributed by atoms with Gasteiger partial charge in [0, 0.05) is 11.3 Å². The molecule has 1 heterocycles. The Bertz CT molecular complexity index is 2080. The Balaban J connectivity index is 1.42. The van der Waals surface area contributed by atoms with Crippen molar-refractivity contribution in [3.8, 4) is 11.1 Å². The average Bonchev–Trinajstić information content (AvgIpc) is 3.39. The Kier molecular flexibility index (Phi) is 8.52. The van der Waals surface area contributed by atoms with Gasteiger partial charge in [-0.25, -0.2) is 21.6 Å². The summed E-state index contributed by atoms with van der Waals surface area (Å²) < 4.78 is 61.0. The molecule has 1 unspecified atom stereocenters. The fourth-order valence-electron chi connectivity index (χ4n) is 4.77. The molecular weight excluding hydrogens is 618 g/mol. The molecule has 5 N–H and O–H groups in total. The third kappa shape index (κ3) is 6.45. The lowest BCUT2D eigenvalue weighted by Crippen LogP contribution is -2.66. The molecular formula is C32H29N3O8S2. The fraction of sp³-hybridized carbons (Fsp3) is 0.125. The highest BCUT2D eigenvalue weighted by atomic mass is 32.2. The Hall–Kier alpha value is -4.98. The van der Waals surface area contributed by atoms with Crippen molar-refractivity contribution in [2.24, 2.45) is 11.7 Å². The number of carbonyl (C=O) groups excluding carboxylic acids is 1. The minimum Gasteiger partial charge on any atom is -0.478 e. The molecule has 0 aliphatic rings. The molecule has 1 amide bonds. The predicted octanol–water partition coefficient (Wildman–Crippen LogP) is 4.48. The lowest BCUT2D eigenvalue weighted by Gasteiger charge is -2.31. The first-order valence-corrected chi connectivity index (χ1v) is 16.8. The van der Waals surface area contributed by atoms with Crippen molar-refractivity contribution in [1.82, 2.24) is 5.32 Å². The maximum Gasteiger partial charge on any atom is 0.344 e. The average molecular weight is 648 g/mol. The molecule has 0 fully saturated rings. The molecule has 5 rings (SSSR count). The van der Waals surface area contributed by atoms with Crippen molar-refractivity contribution in [2.45, 2.75) is 22.4 Å². The van der Waals surface area contributed by atoms with E-state index in [4.69, 9.17) is 10.2 Å². The van der Waals surface area contributed by atoms with Gasteiger partial charge in [-0.1, -0.05) is 79.7 Å². The molecule has 5 aromatic rings. The van der Waals surface area contributed by atoms with Crippen molar-refractivity contribution < 1.29 is 35.9 Å². The van der Waals surface area contributed by atoms with E-state index in [1.165, 1.54) is 55.5 Å². The molecule has 0 aliphatic carbocycles. The van der Waals surface area contributed by atoms with Gasteiger partial charge in [-0.2, -0.15) is 0 Å². The molecule has 0 spiro atoms. The van der Waals surface area contributed by atoms with E-state index in [0.29, 0.717) is 0 Å². The maximum atomic E-state index is 13.6. The number of sulfonamides is 1. The maximum absolute atomic E-state index is 13.6. The van der Waals surface area contributed by atoms with E-state index >= 15 is 0 Å². The number of benzene rings is 4. The quantitative estimate of drug-likeness (QED) is 0.150. The smallest absolute Gasteiger partial charge is 0.344 e. The second-order valence-electron chi connectivity index (χ2n) is 10.4. The Morgan fingerprint density at radius 2 is 1.36 bits per heavy atom. The number of carboxylic acids is 1. The number of carboxylic acid groups (broad SMARTS) is 1. The number of para-hydroxylation sites is 1. The van der Waals surface area contributed by atoms with Crippen LogP contribution in [0, 0.1) is 5.92 Å². The summed E-state index contributed by atoms with van der Waals surface area (Å²) in [4.78, 5) is 25.9. The summed E-state index contributed by atoms with van der Waals surface area (Å²) in [6.45, 7) is 1.28. The number of anilines is 1. The standard InChI is InChI=1S/C32H29N3O8S2/c1-21(20-44(39,40)24-18-16-23(17-19-24)22-10-4-2-5-11-22)32(33,31(37)38)34-30(36)29-28(26-14-8-9-15-27(26)43-29)35-45(41,42)25-12-6-3-7-13-25/h2-19,21,35H,20,33H2,1H3,(H,34,36)(H,37,38)/t21?,32-/m1/s1. The number of sulfone groups is 1. The summed E-state index contributed by atoms with van der Waals surface area (Å²) in [7, 11) is -8.27. The van der Waals surface area contributed by atoms with Gasteiger partial charge in [-0.05, 0) is 47.5 Å². The van der Waals surface area contributed by atoms with Crippen molar-refractivity contribution in [3.63, 3.8) is 0 Å². The number of nitrogens with two attached hydrogens (primary N) is 1. The van der Waals surface area contributed by atoms with Crippen LogP contribution in [0.2, 0.25) is 0 Å². The summed E-state index contributed by atoms with van der Waals surface area (Å²) in [5.74, 6) is -5.52. The summed E-state index contributed by atoms with van der Waals surface area (Å²) in [5, 5.41) is 12.5. The summed E-state index contributed by atoms with van der Waals surface area (Å²) in [5.41, 5.74) is 5.18. The van der Waals surface area contributed by atoms with Gasteiger partial charge in [0.1, 0.15) is 11.3 Å².